The van der Waals surface area contributed by atoms with Crippen LogP contribution in [0.3, 0.4) is 0 Å². The van der Waals surface area contributed by atoms with Gasteiger partial charge < -0.3 is 14.7 Å². The summed E-state index contributed by atoms with van der Waals surface area (Å²) < 4.78 is 6.04. The first-order valence-electron chi connectivity index (χ1n) is 7.26. The Labute approximate surface area is 142 Å². The van der Waals surface area contributed by atoms with E-state index in [0.717, 1.165) is 15.2 Å². The summed E-state index contributed by atoms with van der Waals surface area (Å²) in [4.78, 5) is 25.9. The minimum absolute atomic E-state index is 0.251. The van der Waals surface area contributed by atoms with E-state index in [4.69, 9.17) is 4.74 Å². The molecule has 0 spiro atoms. The van der Waals surface area contributed by atoms with Gasteiger partial charge in [0.1, 0.15) is 6.04 Å². The second-order valence-electron chi connectivity index (χ2n) is 5.58. The lowest BCUT2D eigenvalue weighted by Crippen LogP contribution is -2.40. The number of rotatable bonds is 3. The van der Waals surface area contributed by atoms with Gasteiger partial charge in [-0.05, 0) is 22.9 Å². The van der Waals surface area contributed by atoms with Gasteiger partial charge in [-0.3, -0.25) is 4.79 Å². The fraction of sp³-hybridized carbons (Fsp3) is 0.294. The Morgan fingerprint density at radius 1 is 1.30 bits per heavy atom. The molecule has 2 unspecified atom stereocenters. The van der Waals surface area contributed by atoms with Gasteiger partial charge in [-0.15, -0.1) is 0 Å². The zero-order valence-corrected chi connectivity index (χ0v) is 14.1. The quantitative estimate of drug-likeness (QED) is 0.892. The smallest absolute Gasteiger partial charge is 0.326 e. The van der Waals surface area contributed by atoms with E-state index in [1.807, 2.05) is 30.3 Å². The highest BCUT2D eigenvalue weighted by Crippen LogP contribution is 2.28. The van der Waals surface area contributed by atoms with E-state index in [2.05, 4.69) is 15.9 Å². The molecule has 1 aliphatic rings. The molecule has 5 nitrogen and oxygen atoms in total. The number of carbonyl (C=O) groups excluding carboxylic acids is 1. The Kier molecular flexibility index (Phi) is 4.37. The second-order valence-corrected chi connectivity index (χ2v) is 6.50. The monoisotopic (exact) mass is 377 g/mol. The topological polar surface area (TPSA) is 66.8 Å². The van der Waals surface area contributed by atoms with Crippen molar-refractivity contribution < 1.29 is 19.4 Å². The van der Waals surface area contributed by atoms with Crippen molar-refractivity contribution in [3.8, 4) is 0 Å². The summed E-state index contributed by atoms with van der Waals surface area (Å²) in [6.07, 6.45) is 0.0576. The number of fused-ring (bicyclic) bond motifs is 1. The van der Waals surface area contributed by atoms with Gasteiger partial charge in [-0.25, -0.2) is 4.79 Å². The maximum atomic E-state index is 13.0. The van der Waals surface area contributed by atoms with Crippen LogP contribution in [0.1, 0.15) is 16.8 Å². The molecule has 1 heterocycles. The first kappa shape index (κ1) is 16.0. The van der Waals surface area contributed by atoms with Crippen LogP contribution in [0.5, 0.6) is 0 Å². The van der Waals surface area contributed by atoms with Crippen LogP contribution in [0.2, 0.25) is 0 Å². The van der Waals surface area contributed by atoms with Crippen LogP contribution < -0.4 is 0 Å². The number of benzene rings is 2. The highest BCUT2D eigenvalue weighted by molar-refractivity contribution is 9.10. The van der Waals surface area contributed by atoms with E-state index in [1.165, 1.54) is 12.0 Å². The van der Waals surface area contributed by atoms with Crippen LogP contribution in [-0.4, -0.2) is 47.7 Å². The molecule has 3 rings (SSSR count). The van der Waals surface area contributed by atoms with E-state index < -0.39 is 12.0 Å². The van der Waals surface area contributed by atoms with Gasteiger partial charge in [0.2, 0.25) is 0 Å². The second kappa shape index (κ2) is 6.29. The molecule has 120 valence electrons. The van der Waals surface area contributed by atoms with Crippen LogP contribution in [0, 0.1) is 0 Å². The summed E-state index contributed by atoms with van der Waals surface area (Å²) in [6.45, 7) is 0.285. The van der Waals surface area contributed by atoms with Crippen molar-refractivity contribution in [2.24, 2.45) is 0 Å². The molecular weight excluding hydrogens is 362 g/mol. The fourth-order valence-corrected chi connectivity index (χ4v) is 3.51. The summed E-state index contributed by atoms with van der Waals surface area (Å²) >= 11 is 3.42. The van der Waals surface area contributed by atoms with E-state index >= 15 is 0 Å². The average molecular weight is 378 g/mol. The van der Waals surface area contributed by atoms with E-state index in [1.54, 1.807) is 6.07 Å². The minimum Gasteiger partial charge on any atom is -0.480 e. The molecule has 1 fully saturated rings. The number of nitrogens with zero attached hydrogens (tertiary/aromatic N) is 1. The summed E-state index contributed by atoms with van der Waals surface area (Å²) in [5, 5.41) is 11.1. The predicted octanol–water partition coefficient (Wildman–Crippen LogP) is 2.92. The number of carbonyl (C=O) groups is 2. The molecule has 0 radical (unpaired) electrons. The zero-order chi connectivity index (χ0) is 16.6. The highest BCUT2D eigenvalue weighted by Gasteiger charge is 2.40. The fourth-order valence-electron chi connectivity index (χ4n) is 3.03. The number of halogens is 1. The van der Waals surface area contributed by atoms with Crippen molar-refractivity contribution in [3.63, 3.8) is 0 Å². The van der Waals surface area contributed by atoms with E-state index in [-0.39, 0.29) is 18.6 Å². The highest BCUT2D eigenvalue weighted by atomic mass is 79.9. The summed E-state index contributed by atoms with van der Waals surface area (Å²) in [5.41, 5.74) is 0.498. The standard InChI is InChI=1S/C17H16BrNO4/c1-23-12-8-15(17(21)22)19(9-12)16(20)14-7-11(18)6-10-4-2-3-5-13(10)14/h2-7,12,15H,8-9H2,1H3,(H,21,22). The van der Waals surface area contributed by atoms with Crippen LogP contribution in [0.25, 0.3) is 10.8 Å². The molecule has 1 N–H and O–H groups in total. The molecule has 0 aromatic heterocycles. The van der Waals surface area contributed by atoms with Gasteiger partial charge in [0.05, 0.1) is 6.10 Å². The zero-order valence-electron chi connectivity index (χ0n) is 12.5. The molecule has 1 aliphatic heterocycles. The Morgan fingerprint density at radius 3 is 2.74 bits per heavy atom. The first-order chi connectivity index (χ1) is 11.0. The van der Waals surface area contributed by atoms with Gasteiger partial charge in [0.25, 0.3) is 5.91 Å². The van der Waals surface area contributed by atoms with Crippen LogP contribution >= 0.6 is 15.9 Å². The van der Waals surface area contributed by atoms with Crippen molar-refractivity contribution in [3.05, 3.63) is 46.4 Å². The van der Waals surface area contributed by atoms with E-state index in [0.29, 0.717) is 12.0 Å². The number of carboxylic acids is 1. The molecule has 1 saturated heterocycles. The first-order valence-corrected chi connectivity index (χ1v) is 8.05. The number of ether oxygens (including phenoxy) is 1. The van der Waals surface area contributed by atoms with E-state index in [9.17, 15) is 14.7 Å². The van der Waals surface area contributed by atoms with Gasteiger partial charge in [0.15, 0.2) is 0 Å². The Balaban J connectivity index is 2.04. The third-order valence-electron chi connectivity index (χ3n) is 4.20. The molecule has 2 aromatic carbocycles. The van der Waals surface area contributed by atoms with Gasteiger partial charge in [0, 0.05) is 30.1 Å². The van der Waals surface area contributed by atoms with Gasteiger partial charge in [-0.2, -0.15) is 0 Å². The molecular formula is C17H16BrNO4. The third kappa shape index (κ3) is 2.96. The number of likely N-dealkylation sites (tertiary alicyclic amines) is 1. The predicted molar refractivity (Wildman–Crippen MR) is 89.5 cm³/mol. The SMILES string of the molecule is COC1CC(C(=O)O)N(C(=O)c2cc(Br)cc3ccccc23)C1. The Morgan fingerprint density at radius 2 is 2.04 bits per heavy atom. The van der Waals surface area contributed by atoms with Crippen molar-refractivity contribution >= 4 is 38.6 Å². The van der Waals surface area contributed by atoms with Crippen molar-refractivity contribution in [1.29, 1.82) is 0 Å². The maximum Gasteiger partial charge on any atom is 0.326 e. The molecule has 23 heavy (non-hydrogen) atoms. The number of amides is 1. The van der Waals surface area contributed by atoms with Gasteiger partial charge in [-0.1, -0.05) is 40.2 Å². The number of aliphatic carboxylic acids is 1. The molecule has 0 aliphatic carbocycles. The number of hydrogen-bond donors (Lipinski definition) is 1. The summed E-state index contributed by atoms with van der Waals surface area (Å²) in [7, 11) is 1.53. The third-order valence-corrected chi connectivity index (χ3v) is 4.66. The van der Waals surface area contributed by atoms with Crippen molar-refractivity contribution in [1.82, 2.24) is 4.90 Å². The molecule has 2 atom stereocenters. The van der Waals surface area contributed by atoms with Crippen LogP contribution in [0.4, 0.5) is 0 Å². The van der Waals surface area contributed by atoms with Gasteiger partial charge >= 0.3 is 5.97 Å². The molecule has 0 bridgehead atoms. The molecule has 6 heteroatoms. The largest absolute Gasteiger partial charge is 0.480 e. The lowest BCUT2D eigenvalue weighted by Gasteiger charge is -2.22. The Bertz CT molecular complexity index is 776. The maximum absolute atomic E-state index is 13.0. The van der Waals surface area contributed by atoms with Crippen molar-refractivity contribution in [2.75, 3.05) is 13.7 Å². The Hall–Kier alpha value is -1.92. The normalized spacial score (nSPS) is 20.9. The lowest BCUT2D eigenvalue weighted by atomic mass is 10.0. The van der Waals surface area contributed by atoms with Crippen molar-refractivity contribution in [2.45, 2.75) is 18.6 Å². The molecule has 1 amide bonds. The summed E-state index contributed by atoms with van der Waals surface area (Å²) in [6, 6.07) is 10.4. The summed E-state index contributed by atoms with van der Waals surface area (Å²) in [5.74, 6) is -1.29. The molecule has 2 aromatic rings. The lowest BCUT2D eigenvalue weighted by molar-refractivity contribution is -0.141. The number of hydrogen-bond acceptors (Lipinski definition) is 3. The number of methoxy groups -OCH3 is 1. The van der Waals surface area contributed by atoms with Crippen LogP contribution in [0.15, 0.2) is 40.9 Å². The minimum atomic E-state index is -1.00. The van der Waals surface area contributed by atoms with Crippen LogP contribution in [-0.2, 0) is 9.53 Å². The number of carboxylic acid groups (broad SMARTS) is 1. The average Bonchev–Trinajstić information content (AvgIpc) is 2.98. The molecule has 0 saturated carbocycles.